The second-order valence-electron chi connectivity index (χ2n) is 4.43. The van der Waals surface area contributed by atoms with Crippen molar-refractivity contribution in [3.8, 4) is 5.75 Å². The predicted octanol–water partition coefficient (Wildman–Crippen LogP) is 2.36. The van der Waals surface area contributed by atoms with Gasteiger partial charge in [0.25, 0.3) is 0 Å². The van der Waals surface area contributed by atoms with Crippen LogP contribution in [0.5, 0.6) is 5.75 Å². The third-order valence-electron chi connectivity index (χ3n) is 2.80. The average molecular weight is 408 g/mol. The Labute approximate surface area is 134 Å². The van der Waals surface area contributed by atoms with Gasteiger partial charge in [0, 0.05) is 8.95 Å². The number of hydrogen-bond donors (Lipinski definition) is 2. The van der Waals surface area contributed by atoms with Gasteiger partial charge in [-0.2, -0.15) is 0 Å². The summed E-state index contributed by atoms with van der Waals surface area (Å²) in [5.74, 6) is -0.550. The molecule has 1 aromatic carbocycles. The third-order valence-corrected chi connectivity index (χ3v) is 3.72. The van der Waals surface area contributed by atoms with Crippen LogP contribution in [-0.2, 0) is 9.59 Å². The normalized spacial score (nSPS) is 13.4. The molecule has 0 spiro atoms. The van der Waals surface area contributed by atoms with E-state index in [4.69, 9.17) is 10.5 Å². The van der Waals surface area contributed by atoms with E-state index in [0.29, 0.717) is 12.2 Å². The Morgan fingerprint density at radius 1 is 1.30 bits per heavy atom. The number of halogens is 2. The highest BCUT2D eigenvalue weighted by molar-refractivity contribution is 9.11. The lowest BCUT2D eigenvalue weighted by molar-refractivity contribution is -0.144. The van der Waals surface area contributed by atoms with Gasteiger partial charge < -0.3 is 15.8 Å². The second-order valence-corrected chi connectivity index (χ2v) is 6.26. The van der Waals surface area contributed by atoms with Crippen molar-refractivity contribution in [2.45, 2.75) is 25.8 Å². The summed E-state index contributed by atoms with van der Waals surface area (Å²) in [7, 11) is 0. The standard InChI is InChI=1S/C13H16Br2N2O3/c1-3-13(2,17-11(18)7-16)12(19)20-10-5-8(14)4-9(15)6-10/h4-6H,3,7,16H2,1-2H3,(H,17,18). The van der Waals surface area contributed by atoms with Crippen molar-refractivity contribution in [2.75, 3.05) is 6.54 Å². The molecule has 110 valence electrons. The Morgan fingerprint density at radius 2 is 1.85 bits per heavy atom. The van der Waals surface area contributed by atoms with Crippen molar-refractivity contribution in [3.05, 3.63) is 27.1 Å². The van der Waals surface area contributed by atoms with Crippen LogP contribution in [0.15, 0.2) is 27.1 Å². The maximum Gasteiger partial charge on any atom is 0.336 e. The van der Waals surface area contributed by atoms with Gasteiger partial charge in [-0.05, 0) is 31.5 Å². The van der Waals surface area contributed by atoms with E-state index < -0.39 is 17.4 Å². The van der Waals surface area contributed by atoms with Crippen LogP contribution in [0.25, 0.3) is 0 Å². The van der Waals surface area contributed by atoms with Gasteiger partial charge in [0.2, 0.25) is 5.91 Å². The van der Waals surface area contributed by atoms with Gasteiger partial charge in [-0.15, -0.1) is 0 Å². The van der Waals surface area contributed by atoms with Gasteiger partial charge in [0.1, 0.15) is 11.3 Å². The van der Waals surface area contributed by atoms with Crippen molar-refractivity contribution in [1.29, 1.82) is 0 Å². The van der Waals surface area contributed by atoms with Crippen molar-refractivity contribution in [1.82, 2.24) is 5.32 Å². The summed E-state index contributed by atoms with van der Waals surface area (Å²) in [5, 5.41) is 2.58. The summed E-state index contributed by atoms with van der Waals surface area (Å²) in [4.78, 5) is 23.6. The number of rotatable bonds is 5. The van der Waals surface area contributed by atoms with Crippen molar-refractivity contribution < 1.29 is 14.3 Å². The smallest absolute Gasteiger partial charge is 0.336 e. The fourth-order valence-electron chi connectivity index (χ4n) is 1.45. The zero-order chi connectivity index (χ0) is 15.3. The first-order valence-electron chi connectivity index (χ1n) is 6.00. The van der Waals surface area contributed by atoms with Crippen LogP contribution < -0.4 is 15.8 Å². The lowest BCUT2D eigenvalue weighted by Gasteiger charge is -2.27. The molecule has 0 fully saturated rings. The number of nitrogens with two attached hydrogens (primary N) is 1. The molecule has 5 nitrogen and oxygen atoms in total. The summed E-state index contributed by atoms with van der Waals surface area (Å²) in [6.45, 7) is 3.22. The summed E-state index contributed by atoms with van der Waals surface area (Å²) >= 11 is 6.63. The van der Waals surface area contributed by atoms with E-state index in [1.807, 2.05) is 6.07 Å². The van der Waals surface area contributed by atoms with Crippen LogP contribution >= 0.6 is 31.9 Å². The Kier molecular flexibility index (Phi) is 6.16. The number of nitrogens with one attached hydrogen (secondary N) is 1. The molecule has 0 saturated heterocycles. The summed E-state index contributed by atoms with van der Waals surface area (Å²) in [6.07, 6.45) is 0.396. The van der Waals surface area contributed by atoms with Crippen LogP contribution in [0.2, 0.25) is 0 Å². The first-order chi connectivity index (χ1) is 9.30. The quantitative estimate of drug-likeness (QED) is 0.579. The van der Waals surface area contributed by atoms with Crippen LogP contribution in [0.3, 0.4) is 0 Å². The summed E-state index contributed by atoms with van der Waals surface area (Å²) in [5.41, 5.74) is 4.14. The van der Waals surface area contributed by atoms with E-state index in [0.717, 1.165) is 8.95 Å². The molecule has 1 rings (SSSR count). The van der Waals surface area contributed by atoms with E-state index >= 15 is 0 Å². The minimum absolute atomic E-state index is 0.175. The molecule has 0 radical (unpaired) electrons. The Morgan fingerprint density at radius 3 is 2.30 bits per heavy atom. The minimum atomic E-state index is -1.11. The molecule has 7 heteroatoms. The zero-order valence-electron chi connectivity index (χ0n) is 11.2. The SMILES string of the molecule is CCC(C)(NC(=O)CN)C(=O)Oc1cc(Br)cc(Br)c1. The molecule has 0 aliphatic rings. The topological polar surface area (TPSA) is 81.4 Å². The van der Waals surface area contributed by atoms with E-state index in [1.165, 1.54) is 0 Å². The molecular weight excluding hydrogens is 392 g/mol. The van der Waals surface area contributed by atoms with E-state index in [1.54, 1.807) is 26.0 Å². The van der Waals surface area contributed by atoms with Crippen molar-refractivity contribution in [3.63, 3.8) is 0 Å². The Balaban J connectivity index is 2.89. The Bertz CT molecular complexity index is 502. The van der Waals surface area contributed by atoms with Gasteiger partial charge in [-0.25, -0.2) is 4.79 Å². The lowest BCUT2D eigenvalue weighted by Crippen LogP contribution is -2.55. The van der Waals surface area contributed by atoms with E-state index in [2.05, 4.69) is 37.2 Å². The summed E-state index contributed by atoms with van der Waals surface area (Å²) in [6, 6.07) is 5.17. The third kappa shape index (κ3) is 4.57. The van der Waals surface area contributed by atoms with Crippen molar-refractivity contribution >= 4 is 43.7 Å². The monoisotopic (exact) mass is 406 g/mol. The van der Waals surface area contributed by atoms with Crippen LogP contribution in [-0.4, -0.2) is 24.0 Å². The van der Waals surface area contributed by atoms with Crippen molar-refractivity contribution in [2.24, 2.45) is 5.73 Å². The molecule has 1 atom stereocenters. The number of ether oxygens (including phenoxy) is 1. The first kappa shape index (κ1) is 17.1. The second kappa shape index (κ2) is 7.19. The van der Waals surface area contributed by atoms with Gasteiger partial charge in [0.15, 0.2) is 0 Å². The molecule has 1 unspecified atom stereocenters. The molecular formula is C13H16Br2N2O3. The molecule has 0 saturated carbocycles. The molecule has 0 bridgehead atoms. The molecule has 3 N–H and O–H groups in total. The number of carbonyl (C=O) groups is 2. The van der Waals surface area contributed by atoms with Crippen LogP contribution in [0, 0.1) is 0 Å². The molecule has 0 aromatic heterocycles. The molecule has 1 amide bonds. The van der Waals surface area contributed by atoms with Crippen LogP contribution in [0.4, 0.5) is 0 Å². The highest BCUT2D eigenvalue weighted by Gasteiger charge is 2.34. The number of hydrogen-bond acceptors (Lipinski definition) is 4. The van der Waals surface area contributed by atoms with Gasteiger partial charge in [-0.1, -0.05) is 38.8 Å². The van der Waals surface area contributed by atoms with Crippen LogP contribution in [0.1, 0.15) is 20.3 Å². The highest BCUT2D eigenvalue weighted by atomic mass is 79.9. The highest BCUT2D eigenvalue weighted by Crippen LogP contribution is 2.26. The Hall–Kier alpha value is -0.920. The van der Waals surface area contributed by atoms with E-state index in [-0.39, 0.29) is 6.54 Å². The average Bonchev–Trinajstić information content (AvgIpc) is 2.37. The predicted molar refractivity (Wildman–Crippen MR) is 83.4 cm³/mol. The molecule has 20 heavy (non-hydrogen) atoms. The number of amides is 1. The molecule has 0 aliphatic carbocycles. The largest absolute Gasteiger partial charge is 0.425 e. The number of benzene rings is 1. The molecule has 0 aliphatic heterocycles. The number of esters is 1. The van der Waals surface area contributed by atoms with Gasteiger partial charge >= 0.3 is 5.97 Å². The van der Waals surface area contributed by atoms with Gasteiger partial charge in [-0.3, -0.25) is 4.79 Å². The molecule has 0 heterocycles. The first-order valence-corrected chi connectivity index (χ1v) is 7.58. The fraction of sp³-hybridized carbons (Fsp3) is 0.385. The zero-order valence-corrected chi connectivity index (χ0v) is 14.4. The number of carbonyl (C=O) groups excluding carboxylic acids is 2. The van der Waals surface area contributed by atoms with E-state index in [9.17, 15) is 9.59 Å². The summed E-state index contributed by atoms with van der Waals surface area (Å²) < 4.78 is 6.88. The fourth-order valence-corrected chi connectivity index (χ4v) is 2.70. The van der Waals surface area contributed by atoms with Gasteiger partial charge in [0.05, 0.1) is 6.54 Å². The lowest BCUT2D eigenvalue weighted by atomic mass is 9.99. The minimum Gasteiger partial charge on any atom is -0.425 e. The maximum atomic E-state index is 12.2. The molecule has 1 aromatic rings. The maximum absolute atomic E-state index is 12.2.